The lowest BCUT2D eigenvalue weighted by atomic mass is 10.2. The Kier molecular flexibility index (Phi) is 6.66. The molecule has 0 saturated carbocycles. The van der Waals surface area contributed by atoms with Crippen molar-refractivity contribution in [1.29, 1.82) is 0 Å². The van der Waals surface area contributed by atoms with Gasteiger partial charge in [-0.3, -0.25) is 4.79 Å². The fourth-order valence-electron chi connectivity index (χ4n) is 4.27. The molecule has 0 radical (unpaired) electrons. The number of nitrogens with zero attached hydrogens (tertiary/aromatic N) is 6. The first-order valence-corrected chi connectivity index (χ1v) is 11.9. The van der Waals surface area contributed by atoms with Crippen molar-refractivity contribution in [3.05, 3.63) is 71.8 Å². The van der Waals surface area contributed by atoms with Gasteiger partial charge in [0, 0.05) is 56.5 Å². The fraction of sp³-hybridized carbons (Fsp3) is 0.308. The minimum absolute atomic E-state index is 0.182. The maximum atomic E-state index is 13.8. The Morgan fingerprint density at radius 1 is 1.03 bits per heavy atom. The molecular weight excluding hydrogens is 461 g/mol. The Bertz CT molecular complexity index is 1380. The molecule has 0 spiro atoms. The van der Waals surface area contributed by atoms with E-state index in [2.05, 4.69) is 37.4 Å². The highest BCUT2D eigenvalue weighted by molar-refractivity contribution is 5.90. The Labute approximate surface area is 208 Å². The second-order valence-corrected chi connectivity index (χ2v) is 8.77. The van der Waals surface area contributed by atoms with Gasteiger partial charge in [0.25, 0.3) is 0 Å². The Hall–Kier alpha value is -4.21. The summed E-state index contributed by atoms with van der Waals surface area (Å²) in [6.07, 6.45) is 0.544. The number of amides is 1. The van der Waals surface area contributed by atoms with Crippen LogP contribution < -0.4 is 19.9 Å². The fourth-order valence-corrected chi connectivity index (χ4v) is 4.27. The predicted octanol–water partition coefficient (Wildman–Crippen LogP) is 3.48. The van der Waals surface area contributed by atoms with Crippen LogP contribution in [0.1, 0.15) is 17.8 Å². The number of rotatable bonds is 7. The number of ether oxygens (including phenoxy) is 1. The highest BCUT2D eigenvalue weighted by Gasteiger charge is 2.20. The first-order valence-electron chi connectivity index (χ1n) is 11.9. The number of hydrogen-bond donors (Lipinski definition) is 1. The van der Waals surface area contributed by atoms with Crippen LogP contribution in [-0.2, 0) is 11.2 Å². The molecule has 0 unspecified atom stereocenters. The maximum Gasteiger partial charge on any atom is 0.224 e. The van der Waals surface area contributed by atoms with Crippen LogP contribution >= 0.6 is 0 Å². The van der Waals surface area contributed by atoms with E-state index in [1.54, 1.807) is 30.7 Å². The zero-order chi connectivity index (χ0) is 25.1. The lowest BCUT2D eigenvalue weighted by Crippen LogP contribution is -2.47. The number of piperazine rings is 1. The van der Waals surface area contributed by atoms with Gasteiger partial charge in [0.1, 0.15) is 17.4 Å². The van der Waals surface area contributed by atoms with E-state index in [1.165, 1.54) is 6.07 Å². The quantitative estimate of drug-likeness (QED) is 0.425. The minimum Gasteiger partial charge on any atom is -0.497 e. The number of carbonyl (C=O) groups excluding carboxylic acids is 1. The molecular formula is C26H28FN7O2. The summed E-state index contributed by atoms with van der Waals surface area (Å²) in [5, 5.41) is 15.9. The summed E-state index contributed by atoms with van der Waals surface area (Å²) >= 11 is 0. The van der Waals surface area contributed by atoms with Gasteiger partial charge in [-0.1, -0.05) is 12.1 Å². The number of hydrogen-bond acceptors (Lipinski definition) is 7. The van der Waals surface area contributed by atoms with E-state index in [1.807, 2.05) is 24.3 Å². The molecule has 3 heterocycles. The van der Waals surface area contributed by atoms with Gasteiger partial charge < -0.3 is 19.9 Å². The van der Waals surface area contributed by atoms with E-state index in [9.17, 15) is 9.18 Å². The smallest absolute Gasteiger partial charge is 0.224 e. The first-order chi connectivity index (χ1) is 17.5. The van der Waals surface area contributed by atoms with Gasteiger partial charge in [0.05, 0.1) is 7.11 Å². The van der Waals surface area contributed by atoms with Gasteiger partial charge in [-0.15, -0.1) is 15.3 Å². The zero-order valence-corrected chi connectivity index (χ0v) is 20.3. The zero-order valence-electron chi connectivity index (χ0n) is 20.3. The van der Waals surface area contributed by atoms with Crippen molar-refractivity contribution >= 4 is 28.7 Å². The highest BCUT2D eigenvalue weighted by Crippen LogP contribution is 2.23. The lowest BCUT2D eigenvalue weighted by Gasteiger charge is -2.36. The maximum absolute atomic E-state index is 13.8. The molecule has 2 aromatic carbocycles. The molecule has 0 aliphatic carbocycles. The molecule has 4 aromatic rings. The minimum atomic E-state index is -0.350. The molecule has 2 aromatic heterocycles. The number of fused-ring (bicyclic) bond motifs is 1. The number of carbonyl (C=O) groups is 1. The van der Waals surface area contributed by atoms with E-state index in [4.69, 9.17) is 9.84 Å². The van der Waals surface area contributed by atoms with Crippen molar-refractivity contribution in [3.63, 3.8) is 0 Å². The van der Waals surface area contributed by atoms with Crippen molar-refractivity contribution < 1.29 is 13.9 Å². The monoisotopic (exact) mass is 489 g/mol. The Balaban J connectivity index is 1.22. The molecule has 0 atom stereocenters. The number of benzene rings is 2. The van der Waals surface area contributed by atoms with E-state index >= 15 is 0 Å². The van der Waals surface area contributed by atoms with Gasteiger partial charge >= 0.3 is 0 Å². The number of aromatic nitrogens is 4. The third-order valence-electron chi connectivity index (χ3n) is 6.37. The van der Waals surface area contributed by atoms with E-state index in [0.717, 1.165) is 43.4 Å². The van der Waals surface area contributed by atoms with Crippen molar-refractivity contribution in [2.45, 2.75) is 19.8 Å². The first kappa shape index (κ1) is 23.5. The molecule has 1 N–H and O–H groups in total. The third kappa shape index (κ3) is 5.07. The summed E-state index contributed by atoms with van der Waals surface area (Å²) in [5.74, 6) is 1.72. The number of halogens is 1. The molecule has 0 bridgehead atoms. The molecule has 186 valence electrons. The summed E-state index contributed by atoms with van der Waals surface area (Å²) < 4.78 is 20.8. The molecule has 5 rings (SSSR count). The molecule has 1 amide bonds. The van der Waals surface area contributed by atoms with Gasteiger partial charge in [-0.2, -0.15) is 4.52 Å². The Morgan fingerprint density at radius 2 is 1.83 bits per heavy atom. The summed E-state index contributed by atoms with van der Waals surface area (Å²) in [5.41, 5.74) is 2.74. The molecule has 1 saturated heterocycles. The van der Waals surface area contributed by atoms with Gasteiger partial charge in [-0.25, -0.2) is 4.39 Å². The van der Waals surface area contributed by atoms with Crippen molar-refractivity contribution in [2.24, 2.45) is 0 Å². The van der Waals surface area contributed by atoms with Crippen molar-refractivity contribution in [1.82, 2.24) is 19.8 Å². The summed E-state index contributed by atoms with van der Waals surface area (Å²) in [6, 6.07) is 16.6. The topological polar surface area (TPSA) is 87.9 Å². The summed E-state index contributed by atoms with van der Waals surface area (Å²) in [6.45, 7) is 5.05. The second kappa shape index (κ2) is 10.2. The molecule has 9 nitrogen and oxygen atoms in total. The van der Waals surface area contributed by atoms with Crippen LogP contribution in [-0.4, -0.2) is 59.0 Å². The number of nitrogens with one attached hydrogen (secondary N) is 1. The molecule has 1 aliphatic rings. The van der Waals surface area contributed by atoms with Crippen LogP contribution in [0.3, 0.4) is 0 Å². The second-order valence-electron chi connectivity index (χ2n) is 8.77. The van der Waals surface area contributed by atoms with E-state index in [0.29, 0.717) is 29.1 Å². The number of aryl methyl sites for hydroxylation is 2. The number of anilines is 3. The van der Waals surface area contributed by atoms with Crippen LogP contribution in [0.15, 0.2) is 54.6 Å². The molecule has 36 heavy (non-hydrogen) atoms. The van der Waals surface area contributed by atoms with Crippen LogP contribution in [0.4, 0.5) is 21.6 Å². The number of methoxy groups -OCH3 is 1. The summed E-state index contributed by atoms with van der Waals surface area (Å²) in [4.78, 5) is 17.0. The average Bonchev–Trinajstić information content (AvgIpc) is 3.32. The molecule has 1 fully saturated rings. The normalized spacial score (nSPS) is 13.8. The lowest BCUT2D eigenvalue weighted by molar-refractivity contribution is -0.116. The van der Waals surface area contributed by atoms with Crippen molar-refractivity contribution in [3.8, 4) is 5.75 Å². The highest BCUT2D eigenvalue weighted by atomic mass is 19.1. The summed E-state index contributed by atoms with van der Waals surface area (Å²) in [7, 11) is 1.68. The standard InChI is InChI=1S/C26H28FN7O2/c1-18-6-7-19(16-22(18)27)28-26(35)11-10-24-30-29-23-8-9-25(31-34(23)24)33-14-12-32(13-15-33)20-4-3-5-21(17-20)36-2/h3-9,16-17H,10-15H2,1-2H3,(H,28,35). The average molecular weight is 490 g/mol. The van der Waals surface area contributed by atoms with Crippen LogP contribution in [0, 0.1) is 12.7 Å². The van der Waals surface area contributed by atoms with Crippen LogP contribution in [0.25, 0.3) is 5.65 Å². The predicted molar refractivity (Wildman–Crippen MR) is 136 cm³/mol. The largest absolute Gasteiger partial charge is 0.497 e. The molecule has 1 aliphatic heterocycles. The van der Waals surface area contributed by atoms with Gasteiger partial charge in [0.15, 0.2) is 11.5 Å². The van der Waals surface area contributed by atoms with Gasteiger partial charge in [0.2, 0.25) is 5.91 Å². The Morgan fingerprint density at radius 3 is 2.61 bits per heavy atom. The van der Waals surface area contributed by atoms with Crippen molar-refractivity contribution in [2.75, 3.05) is 48.4 Å². The van der Waals surface area contributed by atoms with E-state index < -0.39 is 0 Å². The molecule has 10 heteroatoms. The third-order valence-corrected chi connectivity index (χ3v) is 6.37. The van der Waals surface area contributed by atoms with Crippen LogP contribution in [0.2, 0.25) is 0 Å². The van der Waals surface area contributed by atoms with E-state index in [-0.39, 0.29) is 18.1 Å². The van der Waals surface area contributed by atoms with Crippen LogP contribution in [0.5, 0.6) is 5.75 Å². The van der Waals surface area contributed by atoms with Gasteiger partial charge in [-0.05, 0) is 48.9 Å². The SMILES string of the molecule is COc1cccc(N2CCN(c3ccc4nnc(CCC(=O)Nc5ccc(C)c(F)c5)n4n3)CC2)c1.